The Balaban J connectivity index is 0.812. The Hall–Kier alpha value is -3.80. The number of rotatable bonds is 26. The highest BCUT2D eigenvalue weighted by Crippen LogP contribution is 2.70. The molecule has 1 aliphatic heterocycles. The Morgan fingerprint density at radius 3 is 2.45 bits per heavy atom. The molecular weight excluding hydrogens is 978 g/mol. The number of unbranched alkanes of at least 4 members (excludes halogenated alkanes) is 4. The average molecular weight is 1060 g/mol. The highest BCUT2D eigenvalue weighted by molar-refractivity contribution is 7.46. The fraction of sp³-hybridized carbons (Fsp3) is 0.672. The number of quaternary nitrogens is 1. The standard InChI is InChI=1S/C58H84N3O13P/c1-56-27-26-45(62)34-44(56)23-24-46-47-35-52-58(57(47,2)36-48(63)53(46)56,73-54(72-52)41-20-11-8-12-21-41)51(65)39-71-55(66)60-29-30-61(3,4)38-43-33-42(22-25-50(43)74-75(67,68)69)49(64)37-59-28-14-5-6-15-31-70-32-16-13-19-40-17-9-7-10-18-40/h7,9-10,17-18,22,25-27,33-34,41,46-49,52-54,59,63-64H,5-6,8,11-16,19-21,23-24,28-32,35-39H2,1-4H3,(H2-,60,66,67,68,69)/p+1/t46-,47-,48-,49?,52+,53+,54+,56-,57-,58+/m0/s1. The smallest absolute Gasteiger partial charge is 0.441 e. The summed E-state index contributed by atoms with van der Waals surface area (Å²) in [5.74, 6) is -0.357. The number of benzene rings is 2. The maximum absolute atomic E-state index is 14.9. The molecule has 0 aromatic heterocycles. The third-order valence-corrected chi connectivity index (χ3v) is 18.3. The predicted octanol–water partition coefficient (Wildman–Crippen LogP) is 8.20. The van der Waals surface area contributed by atoms with E-state index in [0.717, 1.165) is 115 Å². The van der Waals surface area contributed by atoms with E-state index >= 15 is 0 Å². The molecule has 2 aromatic carbocycles. The molecule has 8 rings (SSSR count). The third-order valence-electron chi connectivity index (χ3n) is 17.9. The van der Waals surface area contributed by atoms with Crippen LogP contribution in [0.5, 0.6) is 5.75 Å². The van der Waals surface area contributed by atoms with Gasteiger partial charge < -0.3 is 48.8 Å². The number of aliphatic hydroxyl groups is 2. The minimum Gasteiger partial charge on any atom is -0.441 e. The number of carbonyl (C=O) groups excluding carboxylic acids is 3. The summed E-state index contributed by atoms with van der Waals surface area (Å²) < 4.78 is 42.7. The summed E-state index contributed by atoms with van der Waals surface area (Å²) in [6.45, 7) is 6.95. The summed E-state index contributed by atoms with van der Waals surface area (Å²) in [5, 5.41) is 29.5. The number of ketones is 2. The van der Waals surface area contributed by atoms with E-state index in [1.165, 1.54) is 11.6 Å². The van der Waals surface area contributed by atoms with E-state index in [1.54, 1.807) is 24.3 Å². The highest BCUT2D eigenvalue weighted by Gasteiger charge is 2.76. The zero-order valence-electron chi connectivity index (χ0n) is 44.8. The zero-order chi connectivity index (χ0) is 53.4. The Morgan fingerprint density at radius 2 is 1.69 bits per heavy atom. The van der Waals surface area contributed by atoms with Crippen molar-refractivity contribution in [3.8, 4) is 5.75 Å². The van der Waals surface area contributed by atoms with Crippen molar-refractivity contribution in [2.45, 2.75) is 153 Å². The van der Waals surface area contributed by atoms with Gasteiger partial charge in [0.1, 0.15) is 12.3 Å². The SMILES string of the molecule is C[C@]12C=CC(=O)C=C1CC[C@@H]1[C@@H]2[C@@H](O)C[C@@]2(C)[C@H]1C[C@H]1O[C@@H](C3CCCCC3)O[C@]12C(=O)COC(=O)NCC[N+](C)(C)Cc1cc(C(O)CNCCCCCCOCCCCc2ccccc2)ccc1OP(=O)(O)O. The number of nitrogens with zero attached hydrogens (tertiary/aromatic N) is 1. The fourth-order valence-electron chi connectivity index (χ4n) is 14.1. The van der Waals surface area contributed by atoms with Crippen LogP contribution in [0.2, 0.25) is 0 Å². The maximum atomic E-state index is 14.9. The molecule has 4 saturated carbocycles. The number of phosphoric ester groups is 1. The van der Waals surface area contributed by atoms with Crippen molar-refractivity contribution < 1.29 is 66.9 Å². The lowest BCUT2D eigenvalue weighted by Gasteiger charge is -2.59. The molecule has 6 aliphatic rings. The number of amides is 1. The summed E-state index contributed by atoms with van der Waals surface area (Å²) in [6.07, 6.45) is 16.6. The summed E-state index contributed by atoms with van der Waals surface area (Å²) >= 11 is 0. The second-order valence-corrected chi connectivity index (χ2v) is 24.7. The van der Waals surface area contributed by atoms with E-state index in [0.29, 0.717) is 37.1 Å². The molecule has 0 spiro atoms. The molecule has 1 heterocycles. The Bertz CT molecular complexity index is 2390. The number of aryl methyl sites for hydroxylation is 1. The first-order valence-corrected chi connectivity index (χ1v) is 29.4. The van der Waals surface area contributed by atoms with Crippen LogP contribution in [-0.2, 0) is 46.1 Å². The van der Waals surface area contributed by atoms with Crippen LogP contribution in [0.1, 0.15) is 133 Å². The normalized spacial score (nSPS) is 29.9. The van der Waals surface area contributed by atoms with Crippen LogP contribution in [0.3, 0.4) is 0 Å². The lowest BCUT2D eigenvalue weighted by molar-refractivity contribution is -0.902. The molecule has 414 valence electrons. The van der Waals surface area contributed by atoms with E-state index in [4.69, 9.17) is 23.5 Å². The summed E-state index contributed by atoms with van der Waals surface area (Å²) in [7, 11) is -1.12. The second-order valence-electron chi connectivity index (χ2n) is 23.6. The topological polar surface area (TPSA) is 219 Å². The van der Waals surface area contributed by atoms with Crippen LogP contribution in [0.25, 0.3) is 0 Å². The molecule has 17 heteroatoms. The van der Waals surface area contributed by atoms with Crippen molar-refractivity contribution >= 4 is 25.5 Å². The van der Waals surface area contributed by atoms with Crippen molar-refractivity contribution in [2.75, 3.05) is 60.1 Å². The van der Waals surface area contributed by atoms with Gasteiger partial charge in [0.15, 0.2) is 24.3 Å². The lowest BCUT2D eigenvalue weighted by Crippen LogP contribution is -2.64. The van der Waals surface area contributed by atoms with Crippen molar-refractivity contribution in [2.24, 2.45) is 34.5 Å². The summed E-state index contributed by atoms with van der Waals surface area (Å²) in [6, 6.07) is 15.3. The van der Waals surface area contributed by atoms with Crippen LogP contribution in [0.4, 0.5) is 4.79 Å². The molecule has 1 amide bonds. The van der Waals surface area contributed by atoms with Crippen LogP contribution >= 0.6 is 7.82 Å². The zero-order valence-corrected chi connectivity index (χ0v) is 45.7. The van der Waals surface area contributed by atoms with Crippen molar-refractivity contribution in [1.29, 1.82) is 0 Å². The third kappa shape index (κ3) is 13.6. The molecule has 0 radical (unpaired) electrons. The first-order valence-electron chi connectivity index (χ1n) is 27.9. The van der Waals surface area contributed by atoms with Gasteiger partial charge in [-0.25, -0.2) is 9.36 Å². The second kappa shape index (κ2) is 24.9. The number of aliphatic hydroxyl groups excluding tert-OH is 2. The number of carbonyl (C=O) groups is 3. The quantitative estimate of drug-likeness (QED) is 0.0297. The van der Waals surface area contributed by atoms with Gasteiger partial charge in [-0.15, -0.1) is 0 Å². The van der Waals surface area contributed by atoms with Crippen LogP contribution in [-0.4, -0.2) is 126 Å². The minimum absolute atomic E-state index is 0.00700. The number of alkyl carbamates (subject to hydrolysis) is 1. The molecule has 5 aliphatic carbocycles. The number of ether oxygens (including phenoxy) is 4. The highest BCUT2D eigenvalue weighted by atomic mass is 31.2. The van der Waals surface area contributed by atoms with Gasteiger partial charge in [-0.2, -0.15) is 0 Å². The molecule has 6 N–H and O–H groups in total. The van der Waals surface area contributed by atoms with Crippen molar-refractivity contribution in [3.05, 3.63) is 89.0 Å². The molecule has 2 aromatic rings. The number of nitrogens with one attached hydrogen (secondary N) is 2. The minimum atomic E-state index is -4.92. The van der Waals surface area contributed by atoms with Crippen molar-refractivity contribution in [3.63, 3.8) is 0 Å². The average Bonchev–Trinajstić information content (AvgIpc) is 4.07. The van der Waals surface area contributed by atoms with E-state index in [-0.39, 0.29) is 58.6 Å². The van der Waals surface area contributed by atoms with Crippen LogP contribution in [0, 0.1) is 34.5 Å². The van der Waals surface area contributed by atoms with Gasteiger partial charge in [0.25, 0.3) is 0 Å². The molecule has 1 saturated heterocycles. The Morgan fingerprint density at radius 1 is 0.947 bits per heavy atom. The first-order chi connectivity index (χ1) is 35.8. The Kier molecular flexibility index (Phi) is 19.0. The molecular formula is C58H85N3O13P+. The summed E-state index contributed by atoms with van der Waals surface area (Å²) in [5.41, 5.74) is 0.738. The number of hydrogen-bond donors (Lipinski definition) is 6. The maximum Gasteiger partial charge on any atom is 0.524 e. The number of allylic oxidation sites excluding steroid dienone is 4. The largest absolute Gasteiger partial charge is 0.524 e. The molecule has 0 bridgehead atoms. The number of Topliss-reactive ketones (excluding diaryl/α,β-unsaturated/α-hetero) is 1. The number of likely N-dealkylation sites (N-methyl/N-ethyl adjacent to an activating group) is 1. The predicted molar refractivity (Wildman–Crippen MR) is 283 cm³/mol. The Labute approximate surface area is 444 Å². The fourth-order valence-corrected chi connectivity index (χ4v) is 14.5. The number of hydrogen-bond acceptors (Lipinski definition) is 12. The van der Waals surface area contributed by atoms with Crippen LogP contribution in [0.15, 0.2) is 72.3 Å². The van der Waals surface area contributed by atoms with Crippen molar-refractivity contribution in [1.82, 2.24) is 10.6 Å². The van der Waals surface area contributed by atoms with E-state index in [9.17, 15) is 38.9 Å². The monoisotopic (exact) mass is 1060 g/mol. The molecule has 16 nitrogen and oxygen atoms in total. The first kappa shape index (κ1) is 57.4. The molecule has 5 fully saturated rings. The van der Waals surface area contributed by atoms with Crippen LogP contribution < -0.4 is 15.2 Å². The molecule has 75 heavy (non-hydrogen) atoms. The number of phosphoric acid groups is 1. The van der Waals surface area contributed by atoms with Gasteiger partial charge in [-0.1, -0.05) is 94.0 Å². The van der Waals surface area contributed by atoms with Gasteiger partial charge in [-0.05, 0) is 124 Å². The van der Waals surface area contributed by atoms with Gasteiger partial charge in [0.05, 0.1) is 45.5 Å². The number of fused-ring (bicyclic) bond motifs is 7. The van der Waals surface area contributed by atoms with Gasteiger partial charge in [-0.3, -0.25) is 19.4 Å². The van der Waals surface area contributed by atoms with Gasteiger partial charge in [0.2, 0.25) is 5.78 Å². The van der Waals surface area contributed by atoms with Gasteiger partial charge >= 0.3 is 13.9 Å². The summed E-state index contributed by atoms with van der Waals surface area (Å²) in [4.78, 5) is 60.3. The molecule has 1 unspecified atom stereocenters. The van der Waals surface area contributed by atoms with E-state index < -0.39 is 61.6 Å². The van der Waals surface area contributed by atoms with E-state index in [1.807, 2.05) is 26.2 Å². The van der Waals surface area contributed by atoms with Gasteiger partial charge in [0, 0.05) is 48.0 Å². The molecule has 10 atom stereocenters. The lowest BCUT2D eigenvalue weighted by atomic mass is 9.46. The van der Waals surface area contributed by atoms with E-state index in [2.05, 4.69) is 48.7 Å².